The minimum Gasteiger partial charge on any atom is -0.329 e. The number of nitrogens with zero attached hydrogens (tertiary/aromatic N) is 2. The molecule has 20 heavy (non-hydrogen) atoms. The Bertz CT molecular complexity index is 337. The first-order valence-electron chi connectivity index (χ1n) is 7.89. The third-order valence-corrected chi connectivity index (χ3v) is 3.68. The van der Waals surface area contributed by atoms with E-state index in [1.807, 2.05) is 18.3 Å². The first kappa shape index (κ1) is 17.1. The van der Waals surface area contributed by atoms with Crippen LogP contribution in [0.25, 0.3) is 0 Å². The van der Waals surface area contributed by atoms with Gasteiger partial charge in [-0.25, -0.2) is 0 Å². The summed E-state index contributed by atoms with van der Waals surface area (Å²) in [6.07, 6.45) is 4.28. The van der Waals surface area contributed by atoms with Gasteiger partial charge in [0.25, 0.3) is 0 Å². The third-order valence-electron chi connectivity index (χ3n) is 3.68. The predicted molar refractivity (Wildman–Crippen MR) is 86.5 cm³/mol. The molecule has 0 radical (unpaired) electrons. The Balaban J connectivity index is 2.76. The fourth-order valence-corrected chi connectivity index (χ4v) is 2.30. The van der Waals surface area contributed by atoms with E-state index in [0.717, 1.165) is 30.6 Å². The molecular weight excluding hydrogens is 246 g/mol. The number of hydrogen-bond acceptors (Lipinski definition) is 3. The van der Waals surface area contributed by atoms with E-state index < -0.39 is 0 Å². The van der Waals surface area contributed by atoms with Crippen LogP contribution in [0.2, 0.25) is 0 Å². The molecule has 1 aromatic rings. The fourth-order valence-electron chi connectivity index (χ4n) is 2.30. The third kappa shape index (κ3) is 6.02. The Morgan fingerprint density at radius 2 is 1.65 bits per heavy atom. The molecule has 1 aromatic heterocycles. The van der Waals surface area contributed by atoms with Crippen LogP contribution in [0.15, 0.2) is 24.4 Å². The molecule has 1 unspecified atom stereocenters. The highest BCUT2D eigenvalue weighted by atomic mass is 15.2. The minimum atomic E-state index is 0.244. The second-order valence-electron chi connectivity index (χ2n) is 6.41. The topological polar surface area (TPSA) is 42.1 Å². The lowest BCUT2D eigenvalue weighted by Gasteiger charge is -2.31. The molecule has 2 N–H and O–H groups in total. The molecule has 0 fully saturated rings. The van der Waals surface area contributed by atoms with Crippen molar-refractivity contribution in [2.45, 2.75) is 46.6 Å². The summed E-state index contributed by atoms with van der Waals surface area (Å²) in [5.41, 5.74) is 7.14. The van der Waals surface area contributed by atoms with Crippen molar-refractivity contribution in [2.75, 3.05) is 19.6 Å². The molecule has 3 nitrogen and oxygen atoms in total. The second kappa shape index (κ2) is 9.09. The van der Waals surface area contributed by atoms with Crippen LogP contribution in [-0.2, 0) is 0 Å². The van der Waals surface area contributed by atoms with E-state index in [-0.39, 0.29) is 6.04 Å². The van der Waals surface area contributed by atoms with Gasteiger partial charge in [0.05, 0.1) is 11.7 Å². The van der Waals surface area contributed by atoms with Crippen molar-refractivity contribution in [3.63, 3.8) is 0 Å². The maximum Gasteiger partial charge on any atom is 0.0644 e. The zero-order chi connectivity index (χ0) is 15.0. The van der Waals surface area contributed by atoms with E-state index in [9.17, 15) is 0 Å². The maximum atomic E-state index is 6.04. The largest absolute Gasteiger partial charge is 0.329 e. The summed E-state index contributed by atoms with van der Waals surface area (Å²) in [5.74, 6) is 1.44. The monoisotopic (exact) mass is 277 g/mol. The van der Waals surface area contributed by atoms with Crippen molar-refractivity contribution in [3.05, 3.63) is 30.1 Å². The molecule has 0 aliphatic carbocycles. The van der Waals surface area contributed by atoms with Crippen molar-refractivity contribution >= 4 is 0 Å². The maximum absolute atomic E-state index is 6.04. The van der Waals surface area contributed by atoms with Gasteiger partial charge in [-0.2, -0.15) is 0 Å². The van der Waals surface area contributed by atoms with E-state index >= 15 is 0 Å². The van der Waals surface area contributed by atoms with Gasteiger partial charge in [-0.3, -0.25) is 9.88 Å². The van der Waals surface area contributed by atoms with Crippen molar-refractivity contribution in [3.8, 4) is 0 Å². The first-order valence-corrected chi connectivity index (χ1v) is 7.89. The smallest absolute Gasteiger partial charge is 0.0644 e. The molecule has 0 aromatic carbocycles. The van der Waals surface area contributed by atoms with E-state index in [1.54, 1.807) is 0 Å². The Labute approximate surface area is 124 Å². The molecule has 1 rings (SSSR count). The van der Waals surface area contributed by atoms with Gasteiger partial charge < -0.3 is 5.73 Å². The summed E-state index contributed by atoms with van der Waals surface area (Å²) < 4.78 is 0. The van der Waals surface area contributed by atoms with Crippen LogP contribution in [0.4, 0.5) is 0 Å². The van der Waals surface area contributed by atoms with E-state index in [0.29, 0.717) is 6.54 Å². The predicted octanol–water partition coefficient (Wildman–Crippen LogP) is 3.48. The number of hydrogen-bond donors (Lipinski definition) is 1. The average Bonchev–Trinajstić information content (AvgIpc) is 2.42. The molecule has 3 heteroatoms. The van der Waals surface area contributed by atoms with Crippen LogP contribution in [0, 0.1) is 11.8 Å². The average molecular weight is 277 g/mol. The quantitative estimate of drug-likeness (QED) is 0.751. The SMILES string of the molecule is CC(C)CCN(CCC(C)C)C(CN)c1ccccn1. The summed E-state index contributed by atoms with van der Waals surface area (Å²) in [7, 11) is 0. The van der Waals surface area contributed by atoms with E-state index in [1.165, 1.54) is 12.8 Å². The molecular formula is C17H31N3. The van der Waals surface area contributed by atoms with Crippen molar-refractivity contribution in [1.82, 2.24) is 9.88 Å². The van der Waals surface area contributed by atoms with Crippen LogP contribution >= 0.6 is 0 Å². The summed E-state index contributed by atoms with van der Waals surface area (Å²) in [5, 5.41) is 0. The van der Waals surface area contributed by atoms with Gasteiger partial charge in [0.15, 0.2) is 0 Å². The highest BCUT2D eigenvalue weighted by Crippen LogP contribution is 2.20. The van der Waals surface area contributed by atoms with Crippen molar-refractivity contribution < 1.29 is 0 Å². The molecule has 0 aliphatic heterocycles. The molecule has 1 atom stereocenters. The second-order valence-corrected chi connectivity index (χ2v) is 6.41. The van der Waals surface area contributed by atoms with Gasteiger partial charge in [0.2, 0.25) is 0 Å². The summed E-state index contributed by atoms with van der Waals surface area (Å²) >= 11 is 0. The summed E-state index contributed by atoms with van der Waals surface area (Å²) in [4.78, 5) is 7.02. The summed E-state index contributed by atoms with van der Waals surface area (Å²) in [6.45, 7) is 11.9. The highest BCUT2D eigenvalue weighted by Gasteiger charge is 2.20. The summed E-state index contributed by atoms with van der Waals surface area (Å²) in [6, 6.07) is 6.35. The first-order chi connectivity index (χ1) is 9.54. The van der Waals surface area contributed by atoms with Gasteiger partial charge in [0.1, 0.15) is 0 Å². The van der Waals surface area contributed by atoms with Crippen LogP contribution in [0.3, 0.4) is 0 Å². The molecule has 1 heterocycles. The number of nitrogens with two attached hydrogens (primary N) is 1. The van der Waals surface area contributed by atoms with Gasteiger partial charge in [-0.15, -0.1) is 0 Å². The normalized spacial score (nSPS) is 13.4. The Morgan fingerprint density at radius 3 is 2.05 bits per heavy atom. The lowest BCUT2D eigenvalue weighted by atomic mass is 10.0. The zero-order valence-electron chi connectivity index (χ0n) is 13.5. The van der Waals surface area contributed by atoms with Gasteiger partial charge in [0, 0.05) is 12.7 Å². The molecule has 0 saturated carbocycles. The molecule has 0 bridgehead atoms. The van der Waals surface area contributed by atoms with E-state index in [4.69, 9.17) is 5.73 Å². The van der Waals surface area contributed by atoms with Crippen molar-refractivity contribution in [2.24, 2.45) is 17.6 Å². The molecule has 114 valence electrons. The van der Waals surface area contributed by atoms with Crippen molar-refractivity contribution in [1.29, 1.82) is 0 Å². The van der Waals surface area contributed by atoms with Crippen LogP contribution in [0.5, 0.6) is 0 Å². The number of pyridine rings is 1. The van der Waals surface area contributed by atoms with E-state index in [2.05, 4.69) is 43.6 Å². The molecule has 0 amide bonds. The Morgan fingerprint density at radius 1 is 1.05 bits per heavy atom. The van der Waals surface area contributed by atoms with Gasteiger partial charge in [-0.05, 0) is 49.9 Å². The lowest BCUT2D eigenvalue weighted by molar-refractivity contribution is 0.178. The lowest BCUT2D eigenvalue weighted by Crippen LogP contribution is -2.36. The standard InChI is InChI=1S/C17H31N3/c1-14(2)8-11-20(12-9-15(3)4)17(13-18)16-7-5-6-10-19-16/h5-7,10,14-15,17H,8-9,11-13,18H2,1-4H3. The molecule has 0 aliphatic rings. The van der Waals surface area contributed by atoms with Gasteiger partial charge in [-0.1, -0.05) is 33.8 Å². The molecule has 0 spiro atoms. The van der Waals surface area contributed by atoms with Crippen LogP contribution < -0.4 is 5.73 Å². The number of rotatable bonds is 9. The minimum absolute atomic E-state index is 0.244. The Kier molecular flexibility index (Phi) is 7.78. The Hall–Kier alpha value is -0.930. The number of aromatic nitrogens is 1. The molecule has 0 saturated heterocycles. The highest BCUT2D eigenvalue weighted by molar-refractivity contribution is 5.09. The van der Waals surface area contributed by atoms with Gasteiger partial charge >= 0.3 is 0 Å². The van der Waals surface area contributed by atoms with Crippen LogP contribution in [0.1, 0.15) is 52.3 Å². The zero-order valence-corrected chi connectivity index (χ0v) is 13.5. The fraction of sp³-hybridized carbons (Fsp3) is 0.706. The van der Waals surface area contributed by atoms with Crippen LogP contribution in [-0.4, -0.2) is 29.5 Å².